The molecule has 0 fully saturated rings. The number of hydrogen-bond acceptors (Lipinski definition) is 3. The summed E-state index contributed by atoms with van der Waals surface area (Å²) in [5, 5.41) is 20.8. The van der Waals surface area contributed by atoms with Gasteiger partial charge in [-0.25, -0.2) is 0 Å². The van der Waals surface area contributed by atoms with E-state index in [1.54, 1.807) is 24.4 Å². The SMILES string of the molecule is C=CCc1cc(O)c(CC=C)c(/C=N/CCCCCCCCCCCC)c1O. The van der Waals surface area contributed by atoms with Crippen molar-refractivity contribution in [3.8, 4) is 11.5 Å². The van der Waals surface area contributed by atoms with Gasteiger partial charge in [0, 0.05) is 29.4 Å². The van der Waals surface area contributed by atoms with Gasteiger partial charge in [0.05, 0.1) is 0 Å². The highest BCUT2D eigenvalue weighted by atomic mass is 16.3. The predicted molar refractivity (Wildman–Crippen MR) is 122 cm³/mol. The van der Waals surface area contributed by atoms with Crippen LogP contribution < -0.4 is 0 Å². The molecule has 0 atom stereocenters. The monoisotopic (exact) mass is 385 g/mol. The van der Waals surface area contributed by atoms with Gasteiger partial charge in [-0.2, -0.15) is 0 Å². The summed E-state index contributed by atoms with van der Waals surface area (Å²) in [6.45, 7) is 10.4. The molecule has 0 aliphatic rings. The Balaban J connectivity index is 2.44. The number of allylic oxidation sites excluding steroid dienone is 2. The third kappa shape index (κ3) is 8.77. The second-order valence-corrected chi connectivity index (χ2v) is 7.50. The Hall–Kier alpha value is -2.03. The van der Waals surface area contributed by atoms with E-state index in [1.807, 2.05) is 0 Å². The number of phenolic OH excluding ortho intramolecular Hbond substituents is 2. The zero-order valence-corrected chi connectivity index (χ0v) is 17.8. The van der Waals surface area contributed by atoms with Gasteiger partial charge in [-0.15, -0.1) is 13.2 Å². The molecule has 0 heterocycles. The minimum atomic E-state index is 0.176. The molecule has 0 radical (unpaired) electrons. The lowest BCUT2D eigenvalue weighted by Crippen LogP contribution is -1.98. The molecule has 28 heavy (non-hydrogen) atoms. The minimum Gasteiger partial charge on any atom is -0.508 e. The summed E-state index contributed by atoms with van der Waals surface area (Å²) in [4.78, 5) is 4.50. The fraction of sp³-hybridized carbons (Fsp3) is 0.560. The summed E-state index contributed by atoms with van der Waals surface area (Å²) >= 11 is 0. The van der Waals surface area contributed by atoms with E-state index in [0.717, 1.165) is 13.0 Å². The lowest BCUT2D eigenvalue weighted by Gasteiger charge is -2.12. The molecule has 0 unspecified atom stereocenters. The highest BCUT2D eigenvalue weighted by Crippen LogP contribution is 2.33. The summed E-state index contributed by atoms with van der Waals surface area (Å²) in [7, 11) is 0. The van der Waals surface area contributed by atoms with Crippen LogP contribution in [0.4, 0.5) is 0 Å². The van der Waals surface area contributed by atoms with Crippen LogP contribution in [-0.4, -0.2) is 23.0 Å². The molecular formula is C25H39NO2. The third-order valence-electron chi connectivity index (χ3n) is 5.08. The van der Waals surface area contributed by atoms with Crippen molar-refractivity contribution in [2.45, 2.75) is 84.0 Å². The van der Waals surface area contributed by atoms with Crippen LogP contribution >= 0.6 is 0 Å². The molecule has 0 spiro atoms. The minimum absolute atomic E-state index is 0.176. The number of benzene rings is 1. The molecule has 0 bridgehead atoms. The summed E-state index contributed by atoms with van der Waals surface area (Å²) < 4.78 is 0. The van der Waals surface area contributed by atoms with Crippen molar-refractivity contribution >= 4 is 6.21 Å². The molecule has 0 amide bonds. The van der Waals surface area contributed by atoms with Crippen LogP contribution in [0.3, 0.4) is 0 Å². The van der Waals surface area contributed by atoms with Gasteiger partial charge < -0.3 is 10.2 Å². The van der Waals surface area contributed by atoms with Gasteiger partial charge in [-0.3, -0.25) is 4.99 Å². The van der Waals surface area contributed by atoms with E-state index in [-0.39, 0.29) is 11.5 Å². The number of hydrogen-bond donors (Lipinski definition) is 2. The van der Waals surface area contributed by atoms with E-state index < -0.39 is 0 Å². The van der Waals surface area contributed by atoms with Gasteiger partial charge in [-0.1, -0.05) is 76.9 Å². The van der Waals surface area contributed by atoms with Gasteiger partial charge in [0.25, 0.3) is 0 Å². The Bertz CT molecular complexity index is 619. The number of aromatic hydroxyl groups is 2. The molecule has 0 saturated carbocycles. The standard InChI is InChI=1S/C25H39NO2/c1-4-7-8-9-10-11-12-13-14-15-18-26-20-23-22(17-6-3)24(27)19-21(16-5-2)25(23)28/h5-6,19-20,27-28H,2-4,7-18H2,1H3/b26-20+. The number of aliphatic imine (C=N–C) groups is 1. The average molecular weight is 386 g/mol. The number of rotatable bonds is 16. The summed E-state index contributed by atoms with van der Waals surface area (Å²) in [6, 6.07) is 1.61. The van der Waals surface area contributed by atoms with Crippen molar-refractivity contribution in [1.82, 2.24) is 0 Å². The zero-order chi connectivity index (χ0) is 20.6. The largest absolute Gasteiger partial charge is 0.508 e. The lowest BCUT2D eigenvalue weighted by molar-refractivity contribution is 0.450. The molecule has 0 aromatic heterocycles. The van der Waals surface area contributed by atoms with E-state index in [1.165, 1.54) is 57.8 Å². The van der Waals surface area contributed by atoms with Crippen molar-refractivity contribution in [2.75, 3.05) is 6.54 Å². The zero-order valence-electron chi connectivity index (χ0n) is 17.8. The second-order valence-electron chi connectivity index (χ2n) is 7.50. The fourth-order valence-corrected chi connectivity index (χ4v) is 3.43. The van der Waals surface area contributed by atoms with Crippen LogP contribution in [-0.2, 0) is 12.8 Å². The van der Waals surface area contributed by atoms with E-state index in [4.69, 9.17) is 0 Å². The van der Waals surface area contributed by atoms with Crippen LogP contribution in [0.5, 0.6) is 11.5 Å². The Kier molecular flexibility index (Phi) is 12.8. The maximum atomic E-state index is 10.5. The number of nitrogens with zero attached hydrogens (tertiary/aromatic N) is 1. The number of phenols is 2. The maximum absolute atomic E-state index is 10.5. The normalized spacial score (nSPS) is 11.2. The molecule has 0 aliphatic carbocycles. The molecule has 2 N–H and O–H groups in total. The second kappa shape index (κ2) is 15.0. The first-order chi connectivity index (χ1) is 13.7. The Morgan fingerprint density at radius 2 is 1.43 bits per heavy atom. The van der Waals surface area contributed by atoms with Crippen LogP contribution in [0.2, 0.25) is 0 Å². The topological polar surface area (TPSA) is 52.8 Å². The predicted octanol–water partition coefficient (Wildman–Crippen LogP) is 6.89. The van der Waals surface area contributed by atoms with E-state index in [0.29, 0.717) is 29.5 Å². The fourth-order valence-electron chi connectivity index (χ4n) is 3.43. The van der Waals surface area contributed by atoms with Gasteiger partial charge in [0.2, 0.25) is 0 Å². The third-order valence-corrected chi connectivity index (χ3v) is 5.08. The highest BCUT2D eigenvalue weighted by molar-refractivity contribution is 5.87. The van der Waals surface area contributed by atoms with Crippen molar-refractivity contribution < 1.29 is 10.2 Å². The first-order valence-electron chi connectivity index (χ1n) is 10.9. The average Bonchev–Trinajstić information content (AvgIpc) is 2.68. The van der Waals surface area contributed by atoms with E-state index in [2.05, 4.69) is 25.1 Å². The van der Waals surface area contributed by atoms with E-state index >= 15 is 0 Å². The van der Waals surface area contributed by atoms with Gasteiger partial charge >= 0.3 is 0 Å². The quantitative estimate of drug-likeness (QED) is 0.141. The molecular weight excluding hydrogens is 346 g/mol. The molecule has 0 aliphatic heterocycles. The first-order valence-corrected chi connectivity index (χ1v) is 10.9. The Labute approximate surface area is 171 Å². The summed E-state index contributed by atoms with van der Waals surface area (Å²) in [6.07, 6.45) is 19.1. The smallest absolute Gasteiger partial charge is 0.128 e. The highest BCUT2D eigenvalue weighted by Gasteiger charge is 2.14. The van der Waals surface area contributed by atoms with Crippen molar-refractivity contribution in [3.63, 3.8) is 0 Å². The van der Waals surface area contributed by atoms with Crippen molar-refractivity contribution in [2.24, 2.45) is 4.99 Å². The van der Waals surface area contributed by atoms with Crippen molar-refractivity contribution in [3.05, 3.63) is 48.1 Å². The lowest BCUT2D eigenvalue weighted by atomic mass is 9.97. The molecule has 0 saturated heterocycles. The molecule has 1 rings (SSSR count). The van der Waals surface area contributed by atoms with Gasteiger partial charge in [0.1, 0.15) is 11.5 Å². The molecule has 156 valence electrons. The molecule has 1 aromatic rings. The molecule has 1 aromatic carbocycles. The van der Waals surface area contributed by atoms with Crippen LogP contribution in [0.1, 0.15) is 87.8 Å². The van der Waals surface area contributed by atoms with Gasteiger partial charge in [-0.05, 0) is 25.3 Å². The first kappa shape index (κ1) is 24.0. The van der Waals surface area contributed by atoms with E-state index in [9.17, 15) is 10.2 Å². The van der Waals surface area contributed by atoms with Crippen LogP contribution in [0.15, 0.2) is 36.4 Å². The summed E-state index contributed by atoms with van der Waals surface area (Å²) in [5.41, 5.74) is 1.94. The molecule has 3 heteroatoms. The van der Waals surface area contributed by atoms with Gasteiger partial charge in [0.15, 0.2) is 0 Å². The van der Waals surface area contributed by atoms with Crippen molar-refractivity contribution in [1.29, 1.82) is 0 Å². The van der Waals surface area contributed by atoms with Crippen LogP contribution in [0, 0.1) is 0 Å². The maximum Gasteiger partial charge on any atom is 0.128 e. The Morgan fingerprint density at radius 1 is 0.857 bits per heavy atom. The summed E-state index contributed by atoms with van der Waals surface area (Å²) in [5.74, 6) is 0.358. The molecule has 3 nitrogen and oxygen atoms in total. The van der Waals surface area contributed by atoms with Crippen LogP contribution in [0.25, 0.3) is 0 Å². The Morgan fingerprint density at radius 3 is 2.00 bits per heavy atom. The number of unbranched alkanes of at least 4 members (excludes halogenated alkanes) is 9.